The molecule has 0 radical (unpaired) electrons. The Labute approximate surface area is 137 Å². The van der Waals surface area contributed by atoms with Crippen LogP contribution in [0.25, 0.3) is 0 Å². The van der Waals surface area contributed by atoms with Crippen molar-refractivity contribution < 1.29 is 18.8 Å². The van der Waals surface area contributed by atoms with Crippen LogP contribution in [0.4, 0.5) is 4.79 Å². The fourth-order valence-electron chi connectivity index (χ4n) is 2.71. The second-order valence-corrected chi connectivity index (χ2v) is 7.13. The quantitative estimate of drug-likeness (QED) is 0.689. The number of thiophene rings is 1. The average molecular weight is 332 g/mol. The number of imide groups is 1. The average Bonchev–Trinajstić information content (AvgIpc) is 3.16. The zero-order valence-electron chi connectivity index (χ0n) is 13.0. The summed E-state index contributed by atoms with van der Waals surface area (Å²) in [5.41, 5.74) is -0.722. The number of rotatable bonds is 4. The summed E-state index contributed by atoms with van der Waals surface area (Å²) in [6.07, 6.45) is 1.44. The van der Waals surface area contributed by atoms with Crippen LogP contribution in [0.1, 0.15) is 32.8 Å². The Bertz CT molecular complexity index is 793. The molecule has 3 rings (SSSR count). The molecule has 1 fully saturated rings. The normalized spacial score (nSPS) is 20.9. The van der Waals surface area contributed by atoms with Crippen molar-refractivity contribution in [1.82, 2.24) is 10.2 Å². The second kappa shape index (κ2) is 5.34. The highest BCUT2D eigenvalue weighted by Crippen LogP contribution is 2.29. The van der Waals surface area contributed by atoms with Gasteiger partial charge in [-0.05, 0) is 39.0 Å². The van der Waals surface area contributed by atoms with Gasteiger partial charge in [-0.3, -0.25) is 14.5 Å². The standard InChI is InChI=1S/C16H16N2O4S/c1-9-7-11(10(2)23-9)12(19)8-18-14(20)16(3,17-15(18)21)13-5-4-6-22-13/h4-7H,8H2,1-3H3,(H,17,21)/t16-/m0/s1. The van der Waals surface area contributed by atoms with E-state index in [1.54, 1.807) is 25.1 Å². The molecule has 6 nitrogen and oxygen atoms in total. The van der Waals surface area contributed by atoms with E-state index in [2.05, 4.69) is 5.32 Å². The lowest BCUT2D eigenvalue weighted by molar-refractivity contribution is -0.131. The SMILES string of the molecule is Cc1cc(C(=O)CN2C(=O)N[C@@](C)(c3ccco3)C2=O)c(C)s1. The van der Waals surface area contributed by atoms with Crippen molar-refractivity contribution >= 4 is 29.1 Å². The van der Waals surface area contributed by atoms with Gasteiger partial charge in [0.15, 0.2) is 11.3 Å². The fraction of sp³-hybridized carbons (Fsp3) is 0.312. The highest BCUT2D eigenvalue weighted by atomic mass is 32.1. The van der Waals surface area contributed by atoms with E-state index in [9.17, 15) is 14.4 Å². The van der Waals surface area contributed by atoms with Crippen LogP contribution < -0.4 is 5.32 Å². The van der Waals surface area contributed by atoms with E-state index < -0.39 is 17.5 Å². The van der Waals surface area contributed by atoms with Crippen molar-refractivity contribution in [3.8, 4) is 0 Å². The molecule has 0 unspecified atom stereocenters. The highest BCUT2D eigenvalue weighted by Gasteiger charge is 2.51. The van der Waals surface area contributed by atoms with Crippen molar-refractivity contribution in [3.63, 3.8) is 0 Å². The molecule has 2 aromatic heterocycles. The molecule has 0 aliphatic carbocycles. The number of amides is 3. The van der Waals surface area contributed by atoms with Crippen LogP contribution in [0.3, 0.4) is 0 Å². The van der Waals surface area contributed by atoms with Crippen molar-refractivity contribution in [1.29, 1.82) is 0 Å². The topological polar surface area (TPSA) is 79.6 Å². The summed E-state index contributed by atoms with van der Waals surface area (Å²) < 4.78 is 5.25. The van der Waals surface area contributed by atoms with E-state index in [1.807, 2.05) is 13.8 Å². The first-order valence-corrected chi connectivity index (χ1v) is 7.93. The minimum atomic E-state index is -1.28. The molecule has 3 amide bonds. The molecule has 23 heavy (non-hydrogen) atoms. The maximum atomic E-state index is 12.6. The first-order valence-electron chi connectivity index (χ1n) is 7.11. The number of urea groups is 1. The van der Waals surface area contributed by atoms with Crippen LogP contribution in [0.2, 0.25) is 0 Å². The number of carbonyl (C=O) groups is 3. The minimum absolute atomic E-state index is 0.251. The Hall–Kier alpha value is -2.41. The van der Waals surface area contributed by atoms with E-state index in [1.165, 1.54) is 17.6 Å². The van der Waals surface area contributed by atoms with Gasteiger partial charge in [0.2, 0.25) is 0 Å². The predicted octanol–water partition coefficient (Wildman–Crippen LogP) is 2.61. The van der Waals surface area contributed by atoms with Crippen molar-refractivity contribution in [2.24, 2.45) is 0 Å². The summed E-state index contributed by atoms with van der Waals surface area (Å²) in [5.74, 6) is -0.400. The summed E-state index contributed by atoms with van der Waals surface area (Å²) in [4.78, 5) is 40.1. The molecule has 1 saturated heterocycles. The number of Topliss-reactive ketones (excluding diaryl/α,β-unsaturated/α-hetero) is 1. The minimum Gasteiger partial charge on any atom is -0.466 e. The van der Waals surface area contributed by atoms with E-state index in [0.29, 0.717) is 11.3 Å². The van der Waals surface area contributed by atoms with Gasteiger partial charge in [-0.1, -0.05) is 0 Å². The van der Waals surface area contributed by atoms with E-state index >= 15 is 0 Å². The number of carbonyl (C=O) groups excluding carboxylic acids is 3. The number of ketones is 1. The molecule has 0 bridgehead atoms. The highest BCUT2D eigenvalue weighted by molar-refractivity contribution is 7.12. The molecule has 1 aliphatic rings. The van der Waals surface area contributed by atoms with Gasteiger partial charge in [-0.25, -0.2) is 4.79 Å². The van der Waals surface area contributed by atoms with Gasteiger partial charge >= 0.3 is 6.03 Å². The van der Waals surface area contributed by atoms with Crippen molar-refractivity contribution in [2.45, 2.75) is 26.3 Å². The summed E-state index contributed by atoms with van der Waals surface area (Å²) in [6, 6.07) is 4.46. The van der Waals surface area contributed by atoms with Crippen LogP contribution >= 0.6 is 11.3 Å². The van der Waals surface area contributed by atoms with Gasteiger partial charge in [0.05, 0.1) is 12.8 Å². The molecule has 1 N–H and O–H groups in total. The zero-order chi connectivity index (χ0) is 16.8. The fourth-order valence-corrected chi connectivity index (χ4v) is 3.65. The Kier molecular flexibility index (Phi) is 3.60. The monoisotopic (exact) mass is 332 g/mol. The van der Waals surface area contributed by atoms with Crippen LogP contribution in [0.15, 0.2) is 28.9 Å². The third-order valence-electron chi connectivity index (χ3n) is 3.93. The van der Waals surface area contributed by atoms with Gasteiger partial charge < -0.3 is 9.73 Å². The first-order chi connectivity index (χ1) is 10.8. The molecule has 1 aliphatic heterocycles. The molecule has 7 heteroatoms. The molecular formula is C16H16N2O4S. The van der Waals surface area contributed by atoms with Crippen LogP contribution in [-0.2, 0) is 10.3 Å². The second-order valence-electron chi connectivity index (χ2n) is 5.67. The molecule has 2 aromatic rings. The largest absolute Gasteiger partial charge is 0.466 e. The number of furan rings is 1. The number of hydrogen-bond acceptors (Lipinski definition) is 5. The van der Waals surface area contributed by atoms with Gasteiger partial charge in [0, 0.05) is 15.3 Å². The third-order valence-corrected chi connectivity index (χ3v) is 4.90. The van der Waals surface area contributed by atoms with Gasteiger partial charge in [0.1, 0.15) is 5.76 Å². The molecule has 1 atom stereocenters. The Morgan fingerprint density at radius 1 is 1.39 bits per heavy atom. The maximum absolute atomic E-state index is 12.6. The van der Waals surface area contributed by atoms with Crippen LogP contribution in [0, 0.1) is 13.8 Å². The van der Waals surface area contributed by atoms with E-state index in [-0.39, 0.29) is 12.3 Å². The smallest absolute Gasteiger partial charge is 0.325 e. The number of aryl methyl sites for hydroxylation is 2. The van der Waals surface area contributed by atoms with Crippen molar-refractivity contribution in [2.75, 3.05) is 6.54 Å². The summed E-state index contributed by atoms with van der Waals surface area (Å²) in [7, 11) is 0. The lowest BCUT2D eigenvalue weighted by Crippen LogP contribution is -2.41. The molecule has 0 spiro atoms. The predicted molar refractivity (Wildman–Crippen MR) is 84.4 cm³/mol. The Balaban J connectivity index is 1.84. The zero-order valence-corrected chi connectivity index (χ0v) is 13.8. The molecule has 120 valence electrons. The molecular weight excluding hydrogens is 316 g/mol. The van der Waals surface area contributed by atoms with E-state index in [0.717, 1.165) is 14.7 Å². The Morgan fingerprint density at radius 3 is 2.70 bits per heavy atom. The lowest BCUT2D eigenvalue weighted by Gasteiger charge is -2.18. The maximum Gasteiger partial charge on any atom is 0.325 e. The number of hydrogen-bond donors (Lipinski definition) is 1. The van der Waals surface area contributed by atoms with Gasteiger partial charge in [0.25, 0.3) is 5.91 Å². The van der Waals surface area contributed by atoms with Gasteiger partial charge in [-0.15, -0.1) is 11.3 Å². The number of nitrogens with one attached hydrogen (secondary N) is 1. The first kappa shape index (κ1) is 15.5. The van der Waals surface area contributed by atoms with Crippen LogP contribution in [-0.4, -0.2) is 29.2 Å². The molecule has 3 heterocycles. The van der Waals surface area contributed by atoms with Gasteiger partial charge in [-0.2, -0.15) is 0 Å². The third kappa shape index (κ3) is 2.46. The summed E-state index contributed by atoms with van der Waals surface area (Å²) in [6.45, 7) is 5.05. The van der Waals surface area contributed by atoms with E-state index in [4.69, 9.17) is 4.42 Å². The number of nitrogens with zero attached hydrogens (tertiary/aromatic N) is 1. The summed E-state index contributed by atoms with van der Waals surface area (Å²) in [5, 5.41) is 2.60. The molecule has 0 aromatic carbocycles. The molecule has 0 saturated carbocycles. The van der Waals surface area contributed by atoms with Crippen molar-refractivity contribution in [3.05, 3.63) is 45.5 Å². The Morgan fingerprint density at radius 2 is 2.13 bits per heavy atom. The summed E-state index contributed by atoms with van der Waals surface area (Å²) >= 11 is 1.52. The van der Waals surface area contributed by atoms with Crippen LogP contribution in [0.5, 0.6) is 0 Å². The lowest BCUT2D eigenvalue weighted by atomic mass is 9.99.